The third-order valence-corrected chi connectivity index (χ3v) is 3.48. The van der Waals surface area contributed by atoms with Crippen LogP contribution in [-0.4, -0.2) is 16.3 Å². The number of aromatic nitrogens is 2. The molecule has 0 unspecified atom stereocenters. The molecule has 0 amide bonds. The minimum absolute atomic E-state index is 0.795. The van der Waals surface area contributed by atoms with Crippen molar-refractivity contribution < 1.29 is 0 Å². The molecule has 3 nitrogen and oxygen atoms in total. The first-order valence-electron chi connectivity index (χ1n) is 5.88. The van der Waals surface area contributed by atoms with Crippen molar-refractivity contribution in [2.45, 2.75) is 19.5 Å². The summed E-state index contributed by atoms with van der Waals surface area (Å²) in [5.74, 6) is 0. The Labute approximate surface area is 120 Å². The molecule has 0 aliphatic rings. The van der Waals surface area contributed by atoms with Crippen LogP contribution in [0.2, 0.25) is 5.02 Å². The van der Waals surface area contributed by atoms with Crippen LogP contribution < -0.4 is 5.32 Å². The number of hydrogen-bond donors (Lipinski definition) is 1. The summed E-state index contributed by atoms with van der Waals surface area (Å²) in [6.45, 7) is 2.69. The third-order valence-electron chi connectivity index (χ3n) is 2.63. The number of nitrogens with zero attached hydrogens (tertiary/aromatic N) is 2. The average Bonchev–Trinajstić information content (AvgIpc) is 2.84. The summed E-state index contributed by atoms with van der Waals surface area (Å²) in [6.07, 6.45) is 4.83. The molecule has 18 heavy (non-hydrogen) atoms. The first-order valence-corrected chi connectivity index (χ1v) is 7.05. The lowest BCUT2D eigenvalue weighted by Gasteiger charge is -2.07. The second-order valence-corrected chi connectivity index (χ2v) is 5.36. The minimum Gasteiger partial charge on any atom is -0.313 e. The molecule has 0 spiro atoms. The Morgan fingerprint density at radius 1 is 1.39 bits per heavy atom. The molecule has 5 heteroatoms. The SMILES string of the molecule is Clc1cc(Br)ccc1CNCCCn1cccn1. The van der Waals surface area contributed by atoms with E-state index >= 15 is 0 Å². The van der Waals surface area contributed by atoms with Gasteiger partial charge in [0.25, 0.3) is 0 Å². The molecular weight excluding hydrogens is 314 g/mol. The standard InChI is InChI=1S/C13H15BrClN3/c14-12-4-3-11(13(15)9-12)10-16-5-1-7-18-8-2-6-17-18/h2-4,6,8-9,16H,1,5,7,10H2. The summed E-state index contributed by atoms with van der Waals surface area (Å²) in [7, 11) is 0. The Hall–Kier alpha value is -0.840. The molecular formula is C13H15BrClN3. The fraction of sp³-hybridized carbons (Fsp3) is 0.308. The van der Waals surface area contributed by atoms with Gasteiger partial charge in [0, 0.05) is 35.0 Å². The van der Waals surface area contributed by atoms with Gasteiger partial charge in [-0.05, 0) is 36.7 Å². The predicted octanol–water partition coefficient (Wildman–Crippen LogP) is 3.48. The largest absolute Gasteiger partial charge is 0.313 e. The van der Waals surface area contributed by atoms with Crippen molar-refractivity contribution in [3.63, 3.8) is 0 Å². The van der Waals surface area contributed by atoms with Crippen LogP contribution in [0.3, 0.4) is 0 Å². The molecule has 0 atom stereocenters. The second-order valence-electron chi connectivity index (χ2n) is 4.04. The Kier molecular flexibility index (Phi) is 5.23. The Morgan fingerprint density at radius 2 is 2.28 bits per heavy atom. The van der Waals surface area contributed by atoms with E-state index < -0.39 is 0 Å². The van der Waals surface area contributed by atoms with Gasteiger partial charge in [0.15, 0.2) is 0 Å². The fourth-order valence-electron chi connectivity index (χ4n) is 1.69. The van der Waals surface area contributed by atoms with Gasteiger partial charge in [-0.3, -0.25) is 4.68 Å². The Bertz CT molecular complexity index is 485. The van der Waals surface area contributed by atoms with E-state index in [0.29, 0.717) is 0 Å². The van der Waals surface area contributed by atoms with Gasteiger partial charge in [0.2, 0.25) is 0 Å². The molecule has 0 saturated carbocycles. The van der Waals surface area contributed by atoms with E-state index in [-0.39, 0.29) is 0 Å². The average molecular weight is 329 g/mol. The normalized spacial score (nSPS) is 10.8. The highest BCUT2D eigenvalue weighted by molar-refractivity contribution is 9.10. The van der Waals surface area contributed by atoms with Crippen molar-refractivity contribution in [1.29, 1.82) is 0 Å². The van der Waals surface area contributed by atoms with Crippen LogP contribution in [0.25, 0.3) is 0 Å². The monoisotopic (exact) mass is 327 g/mol. The number of rotatable bonds is 6. The summed E-state index contributed by atoms with van der Waals surface area (Å²) >= 11 is 9.54. The van der Waals surface area contributed by atoms with Crippen molar-refractivity contribution in [1.82, 2.24) is 15.1 Å². The lowest BCUT2D eigenvalue weighted by molar-refractivity contribution is 0.543. The number of nitrogens with one attached hydrogen (secondary N) is 1. The zero-order valence-electron chi connectivity index (χ0n) is 9.94. The molecule has 0 fully saturated rings. The smallest absolute Gasteiger partial charge is 0.0489 e. The maximum absolute atomic E-state index is 6.14. The molecule has 1 N–H and O–H groups in total. The van der Waals surface area contributed by atoms with Crippen molar-refractivity contribution >= 4 is 27.5 Å². The van der Waals surface area contributed by atoms with Crippen molar-refractivity contribution in [3.05, 3.63) is 51.7 Å². The molecule has 0 saturated heterocycles. The van der Waals surface area contributed by atoms with Gasteiger partial charge in [0.1, 0.15) is 0 Å². The predicted molar refractivity (Wildman–Crippen MR) is 77.7 cm³/mol. The van der Waals surface area contributed by atoms with Gasteiger partial charge in [-0.2, -0.15) is 5.10 Å². The summed E-state index contributed by atoms with van der Waals surface area (Å²) in [5.41, 5.74) is 1.12. The Morgan fingerprint density at radius 3 is 3.00 bits per heavy atom. The zero-order chi connectivity index (χ0) is 12.8. The van der Waals surface area contributed by atoms with E-state index in [4.69, 9.17) is 11.6 Å². The number of hydrogen-bond acceptors (Lipinski definition) is 2. The fourth-order valence-corrected chi connectivity index (χ4v) is 2.43. The maximum Gasteiger partial charge on any atom is 0.0489 e. The molecule has 0 aliphatic heterocycles. The van der Waals surface area contributed by atoms with E-state index in [1.165, 1.54) is 0 Å². The summed E-state index contributed by atoms with van der Waals surface area (Å²) < 4.78 is 2.95. The summed E-state index contributed by atoms with van der Waals surface area (Å²) in [4.78, 5) is 0. The Balaban J connectivity index is 1.69. The molecule has 0 aliphatic carbocycles. The molecule has 0 bridgehead atoms. The van der Waals surface area contributed by atoms with E-state index in [0.717, 1.165) is 41.1 Å². The first-order chi connectivity index (χ1) is 8.75. The molecule has 2 aromatic rings. The van der Waals surface area contributed by atoms with Gasteiger partial charge >= 0.3 is 0 Å². The quantitative estimate of drug-likeness (QED) is 0.823. The van der Waals surface area contributed by atoms with Crippen LogP contribution in [-0.2, 0) is 13.1 Å². The second kappa shape index (κ2) is 6.92. The van der Waals surface area contributed by atoms with Crippen LogP contribution in [0.4, 0.5) is 0 Å². The van der Waals surface area contributed by atoms with Gasteiger partial charge in [-0.25, -0.2) is 0 Å². The van der Waals surface area contributed by atoms with Crippen LogP contribution in [0, 0.1) is 0 Å². The van der Waals surface area contributed by atoms with Gasteiger partial charge < -0.3 is 5.32 Å². The first kappa shape index (κ1) is 13.6. The zero-order valence-corrected chi connectivity index (χ0v) is 12.3. The maximum atomic E-state index is 6.14. The van der Waals surface area contributed by atoms with E-state index in [1.807, 2.05) is 35.1 Å². The molecule has 1 heterocycles. The van der Waals surface area contributed by atoms with E-state index in [9.17, 15) is 0 Å². The van der Waals surface area contributed by atoms with Crippen molar-refractivity contribution in [2.75, 3.05) is 6.54 Å². The van der Waals surface area contributed by atoms with E-state index in [2.05, 4.69) is 26.3 Å². The summed E-state index contributed by atoms with van der Waals surface area (Å²) in [6, 6.07) is 7.90. The van der Waals surface area contributed by atoms with Crippen molar-refractivity contribution in [3.8, 4) is 0 Å². The molecule has 1 aromatic carbocycles. The summed E-state index contributed by atoms with van der Waals surface area (Å²) in [5, 5.41) is 8.34. The molecule has 1 aromatic heterocycles. The molecule has 0 radical (unpaired) electrons. The number of benzene rings is 1. The van der Waals surface area contributed by atoms with Crippen LogP contribution in [0.15, 0.2) is 41.1 Å². The van der Waals surface area contributed by atoms with Crippen LogP contribution in [0.5, 0.6) is 0 Å². The van der Waals surface area contributed by atoms with Crippen molar-refractivity contribution in [2.24, 2.45) is 0 Å². The highest BCUT2D eigenvalue weighted by atomic mass is 79.9. The lowest BCUT2D eigenvalue weighted by Crippen LogP contribution is -2.16. The lowest BCUT2D eigenvalue weighted by atomic mass is 10.2. The molecule has 96 valence electrons. The minimum atomic E-state index is 0.795. The van der Waals surface area contributed by atoms with Gasteiger partial charge in [-0.1, -0.05) is 33.6 Å². The third kappa shape index (κ3) is 4.12. The van der Waals surface area contributed by atoms with Gasteiger partial charge in [-0.15, -0.1) is 0 Å². The highest BCUT2D eigenvalue weighted by Crippen LogP contribution is 2.20. The number of aryl methyl sites for hydroxylation is 1. The van der Waals surface area contributed by atoms with Crippen LogP contribution >= 0.6 is 27.5 Å². The van der Waals surface area contributed by atoms with E-state index in [1.54, 1.807) is 6.20 Å². The van der Waals surface area contributed by atoms with Gasteiger partial charge in [0.05, 0.1) is 0 Å². The highest BCUT2D eigenvalue weighted by Gasteiger charge is 2.00. The topological polar surface area (TPSA) is 29.9 Å². The van der Waals surface area contributed by atoms with Crippen LogP contribution in [0.1, 0.15) is 12.0 Å². The molecule has 2 rings (SSSR count). The number of halogens is 2.